The van der Waals surface area contributed by atoms with Gasteiger partial charge in [-0.15, -0.1) is 0 Å². The molecule has 0 aromatic carbocycles. The lowest BCUT2D eigenvalue weighted by Gasteiger charge is -2.31. The molecule has 4 heteroatoms. The largest absolute Gasteiger partial charge is 0.444 e. The molecule has 3 atom stereocenters. The molecule has 0 radical (unpaired) electrons. The summed E-state index contributed by atoms with van der Waals surface area (Å²) in [6, 6.07) is -0.0337. The third-order valence-electron chi connectivity index (χ3n) is 3.88. The summed E-state index contributed by atoms with van der Waals surface area (Å²) < 4.78 is 5.23. The molecule has 2 fully saturated rings. The van der Waals surface area contributed by atoms with Gasteiger partial charge in [0.05, 0.1) is 0 Å². The van der Waals surface area contributed by atoms with Crippen molar-refractivity contribution in [3.63, 3.8) is 0 Å². The Labute approximate surface area is 102 Å². The van der Waals surface area contributed by atoms with Gasteiger partial charge in [-0.3, -0.25) is 0 Å². The van der Waals surface area contributed by atoms with Crippen LogP contribution in [0, 0.1) is 11.3 Å². The second kappa shape index (κ2) is 4.00. The van der Waals surface area contributed by atoms with E-state index >= 15 is 0 Å². The molecule has 0 aromatic heterocycles. The first-order valence-corrected chi connectivity index (χ1v) is 6.30. The summed E-state index contributed by atoms with van der Waals surface area (Å²) in [4.78, 5) is 23.0. The molecule has 0 spiro atoms. The molecule has 0 saturated heterocycles. The number of rotatable bonds is 2. The number of hydrogen-bond acceptors (Lipinski definition) is 3. The number of carbonyl (C=O) groups excluding carboxylic acids is 2. The van der Waals surface area contributed by atoms with E-state index in [4.69, 9.17) is 4.74 Å². The first kappa shape index (κ1) is 12.4. The molecule has 2 aliphatic rings. The summed E-state index contributed by atoms with van der Waals surface area (Å²) in [5, 5.41) is 2.87. The van der Waals surface area contributed by atoms with Gasteiger partial charge in [0.15, 0.2) is 0 Å². The fourth-order valence-electron chi connectivity index (χ4n) is 3.14. The molecule has 1 amide bonds. The number of carbonyl (C=O) groups is 2. The zero-order chi connectivity index (χ0) is 12.7. The van der Waals surface area contributed by atoms with E-state index in [-0.39, 0.29) is 11.5 Å². The summed E-state index contributed by atoms with van der Waals surface area (Å²) in [5.41, 5.74) is -0.808. The maximum absolute atomic E-state index is 11.7. The fourth-order valence-corrected chi connectivity index (χ4v) is 3.14. The van der Waals surface area contributed by atoms with E-state index in [0.29, 0.717) is 5.92 Å². The van der Waals surface area contributed by atoms with Gasteiger partial charge in [0.1, 0.15) is 11.9 Å². The number of hydrogen-bond donors (Lipinski definition) is 1. The molecule has 2 rings (SSSR count). The van der Waals surface area contributed by atoms with Gasteiger partial charge in [-0.25, -0.2) is 4.79 Å². The Hall–Kier alpha value is -1.06. The number of amides is 1. The Morgan fingerprint density at radius 3 is 2.71 bits per heavy atom. The minimum Gasteiger partial charge on any atom is -0.444 e. The normalized spacial score (nSPS) is 35.7. The Morgan fingerprint density at radius 2 is 2.18 bits per heavy atom. The van der Waals surface area contributed by atoms with Crippen molar-refractivity contribution in [2.75, 3.05) is 0 Å². The van der Waals surface area contributed by atoms with Gasteiger partial charge in [0.25, 0.3) is 0 Å². The highest BCUT2D eigenvalue weighted by atomic mass is 16.6. The van der Waals surface area contributed by atoms with Crippen molar-refractivity contribution in [2.24, 2.45) is 11.3 Å². The summed E-state index contributed by atoms with van der Waals surface area (Å²) >= 11 is 0. The number of aldehydes is 1. The number of fused-ring (bicyclic) bond motifs is 2. The zero-order valence-electron chi connectivity index (χ0n) is 10.8. The highest BCUT2D eigenvalue weighted by Crippen LogP contribution is 2.52. The monoisotopic (exact) mass is 239 g/mol. The lowest BCUT2D eigenvalue weighted by molar-refractivity contribution is -0.116. The highest BCUT2D eigenvalue weighted by molar-refractivity contribution is 5.71. The average Bonchev–Trinajstić information content (AvgIpc) is 2.72. The van der Waals surface area contributed by atoms with Gasteiger partial charge in [-0.05, 0) is 52.4 Å². The van der Waals surface area contributed by atoms with Crippen molar-refractivity contribution in [3.05, 3.63) is 0 Å². The van der Waals surface area contributed by atoms with E-state index in [9.17, 15) is 9.59 Å². The van der Waals surface area contributed by atoms with E-state index in [1.54, 1.807) is 0 Å². The van der Waals surface area contributed by atoms with Crippen LogP contribution in [0.1, 0.15) is 46.5 Å². The molecule has 0 aliphatic heterocycles. The van der Waals surface area contributed by atoms with Gasteiger partial charge in [0, 0.05) is 11.5 Å². The van der Waals surface area contributed by atoms with Crippen molar-refractivity contribution < 1.29 is 14.3 Å². The first-order chi connectivity index (χ1) is 7.85. The Kier molecular flexibility index (Phi) is 2.92. The number of alkyl carbamates (subject to hydrolysis) is 1. The quantitative estimate of drug-likeness (QED) is 0.752. The van der Waals surface area contributed by atoms with Crippen molar-refractivity contribution in [1.82, 2.24) is 5.32 Å². The molecule has 17 heavy (non-hydrogen) atoms. The standard InChI is InChI=1S/C13H21NO3/c1-12(2,3)17-11(16)14-10-6-9-4-5-13(10,7-9)8-15/h8-10H,4-7H2,1-3H3,(H,14,16). The number of nitrogens with one attached hydrogen (secondary N) is 1. The Morgan fingerprint density at radius 1 is 1.47 bits per heavy atom. The smallest absolute Gasteiger partial charge is 0.407 e. The van der Waals surface area contributed by atoms with Gasteiger partial charge < -0.3 is 14.8 Å². The van der Waals surface area contributed by atoms with Crippen LogP contribution >= 0.6 is 0 Å². The SMILES string of the molecule is CC(C)(C)OC(=O)NC1CC2CCC1(C=O)C2. The molecule has 2 bridgehead atoms. The van der Waals surface area contributed by atoms with Crippen LogP contribution in [0.4, 0.5) is 4.79 Å². The third-order valence-corrected chi connectivity index (χ3v) is 3.88. The van der Waals surface area contributed by atoms with E-state index < -0.39 is 11.7 Å². The van der Waals surface area contributed by atoms with Crippen molar-refractivity contribution >= 4 is 12.4 Å². The van der Waals surface area contributed by atoms with Crippen molar-refractivity contribution in [2.45, 2.75) is 58.1 Å². The summed E-state index contributed by atoms with van der Waals surface area (Å²) in [7, 11) is 0. The molecular formula is C13H21NO3. The Bertz CT molecular complexity index is 334. The van der Waals surface area contributed by atoms with Gasteiger partial charge >= 0.3 is 6.09 Å². The average molecular weight is 239 g/mol. The minimum atomic E-state index is -0.490. The fraction of sp³-hybridized carbons (Fsp3) is 0.846. The van der Waals surface area contributed by atoms with Crippen LogP contribution in [0.2, 0.25) is 0 Å². The predicted molar refractivity (Wildman–Crippen MR) is 63.6 cm³/mol. The van der Waals surface area contributed by atoms with E-state index in [2.05, 4.69) is 5.32 Å². The van der Waals surface area contributed by atoms with Crippen LogP contribution in [0.25, 0.3) is 0 Å². The third kappa shape index (κ3) is 2.45. The van der Waals surface area contributed by atoms with Crippen LogP contribution < -0.4 is 5.32 Å². The molecule has 0 aromatic rings. The van der Waals surface area contributed by atoms with E-state index in [1.807, 2.05) is 20.8 Å². The molecule has 96 valence electrons. The molecule has 0 heterocycles. The van der Waals surface area contributed by atoms with Gasteiger partial charge in [-0.1, -0.05) is 0 Å². The second-order valence-electron chi connectivity index (χ2n) is 6.39. The first-order valence-electron chi connectivity index (χ1n) is 6.30. The lowest BCUT2D eigenvalue weighted by atomic mass is 9.81. The zero-order valence-corrected chi connectivity index (χ0v) is 10.8. The summed E-state index contributed by atoms with van der Waals surface area (Å²) in [6.45, 7) is 5.51. The molecule has 4 nitrogen and oxygen atoms in total. The molecule has 2 aliphatic carbocycles. The van der Waals surface area contributed by atoms with Crippen LogP contribution in [-0.2, 0) is 9.53 Å². The maximum atomic E-state index is 11.7. The van der Waals surface area contributed by atoms with Gasteiger partial charge in [-0.2, -0.15) is 0 Å². The van der Waals surface area contributed by atoms with Crippen LogP contribution in [0.3, 0.4) is 0 Å². The lowest BCUT2D eigenvalue weighted by Crippen LogP contribution is -2.47. The summed E-state index contributed by atoms with van der Waals surface area (Å²) in [5.74, 6) is 0.597. The summed E-state index contributed by atoms with van der Waals surface area (Å²) in [6.07, 6.45) is 4.50. The molecular weight excluding hydrogens is 218 g/mol. The van der Waals surface area contributed by atoms with Crippen LogP contribution in [0.15, 0.2) is 0 Å². The van der Waals surface area contributed by atoms with E-state index in [1.165, 1.54) is 0 Å². The van der Waals surface area contributed by atoms with Gasteiger partial charge in [0.2, 0.25) is 0 Å². The minimum absolute atomic E-state index is 0.0337. The molecule has 3 unspecified atom stereocenters. The predicted octanol–water partition coefficient (Wildman–Crippen LogP) is 2.27. The van der Waals surface area contributed by atoms with Crippen LogP contribution in [-0.4, -0.2) is 24.0 Å². The van der Waals surface area contributed by atoms with Crippen molar-refractivity contribution in [1.29, 1.82) is 0 Å². The highest BCUT2D eigenvalue weighted by Gasteiger charge is 2.52. The van der Waals surface area contributed by atoms with E-state index in [0.717, 1.165) is 32.0 Å². The molecule has 1 N–H and O–H groups in total. The molecule has 2 saturated carbocycles. The van der Waals surface area contributed by atoms with Crippen LogP contribution in [0.5, 0.6) is 0 Å². The van der Waals surface area contributed by atoms with Crippen molar-refractivity contribution in [3.8, 4) is 0 Å². The maximum Gasteiger partial charge on any atom is 0.407 e. The number of ether oxygens (including phenoxy) is 1. The topological polar surface area (TPSA) is 55.4 Å². The second-order valence-corrected chi connectivity index (χ2v) is 6.39. The Balaban J connectivity index is 1.96.